The van der Waals surface area contributed by atoms with E-state index in [0.717, 1.165) is 12.8 Å². The molecule has 9 heteroatoms. The van der Waals surface area contributed by atoms with E-state index in [4.69, 9.17) is 0 Å². The molecular weight excluding hydrogens is 403 g/mol. The van der Waals surface area contributed by atoms with Crippen molar-refractivity contribution in [3.63, 3.8) is 0 Å². The Morgan fingerprint density at radius 1 is 0.964 bits per heavy atom. The van der Waals surface area contributed by atoms with E-state index in [-0.39, 0.29) is 21.9 Å². The van der Waals surface area contributed by atoms with Crippen molar-refractivity contribution >= 4 is 25.7 Å². The van der Waals surface area contributed by atoms with Gasteiger partial charge in [-0.25, -0.2) is 25.9 Å². The van der Waals surface area contributed by atoms with Crippen LogP contribution in [0.25, 0.3) is 0 Å². The van der Waals surface area contributed by atoms with Gasteiger partial charge in [-0.15, -0.1) is 0 Å². The van der Waals surface area contributed by atoms with Crippen LogP contribution in [0.5, 0.6) is 0 Å². The first-order valence-corrected chi connectivity index (χ1v) is 12.1. The number of sulfonamides is 2. The predicted octanol–water partition coefficient (Wildman–Crippen LogP) is 2.80. The summed E-state index contributed by atoms with van der Waals surface area (Å²) in [4.78, 5) is 0.0365. The number of rotatable bonds is 5. The quantitative estimate of drug-likeness (QED) is 0.800. The second kappa shape index (κ2) is 6.82. The summed E-state index contributed by atoms with van der Waals surface area (Å²) >= 11 is 0. The van der Waals surface area contributed by atoms with Crippen molar-refractivity contribution in [2.75, 3.05) is 4.31 Å². The van der Waals surface area contributed by atoms with Crippen LogP contribution in [0.2, 0.25) is 0 Å². The molecule has 0 bridgehead atoms. The van der Waals surface area contributed by atoms with E-state index in [1.165, 1.54) is 46.8 Å². The van der Waals surface area contributed by atoms with Crippen LogP contribution in [0.3, 0.4) is 0 Å². The molecule has 1 aliphatic carbocycles. The van der Waals surface area contributed by atoms with Crippen LogP contribution in [0.1, 0.15) is 31.7 Å². The third-order valence-corrected chi connectivity index (χ3v) is 8.58. The number of halogens is 1. The minimum atomic E-state index is -3.91. The zero-order valence-electron chi connectivity index (χ0n) is 15.3. The first-order chi connectivity index (χ1) is 13.2. The van der Waals surface area contributed by atoms with Crippen molar-refractivity contribution in [1.82, 2.24) is 4.72 Å². The van der Waals surface area contributed by atoms with Crippen molar-refractivity contribution in [1.29, 1.82) is 0 Å². The maximum Gasteiger partial charge on any atom is 0.264 e. The third-order valence-electron chi connectivity index (χ3n) is 5.10. The molecule has 0 saturated heterocycles. The van der Waals surface area contributed by atoms with Gasteiger partial charge in [0.15, 0.2) is 0 Å². The van der Waals surface area contributed by atoms with E-state index in [1.807, 2.05) is 6.92 Å². The Morgan fingerprint density at radius 2 is 1.61 bits per heavy atom. The Hall–Kier alpha value is -1.97. The van der Waals surface area contributed by atoms with E-state index >= 15 is 0 Å². The SMILES string of the molecule is C[C@@H]1CCc2cc(F)ccc2N1S(=O)(=O)c1ccc(S(=O)(=O)NC2CC2)cc1. The van der Waals surface area contributed by atoms with Gasteiger partial charge >= 0.3 is 0 Å². The molecule has 1 atom stereocenters. The third kappa shape index (κ3) is 3.54. The van der Waals surface area contributed by atoms with Gasteiger partial charge in [0, 0.05) is 12.1 Å². The summed E-state index contributed by atoms with van der Waals surface area (Å²) < 4.78 is 68.5. The van der Waals surface area contributed by atoms with Crippen LogP contribution < -0.4 is 9.03 Å². The lowest BCUT2D eigenvalue weighted by molar-refractivity contribution is 0.559. The minimum absolute atomic E-state index is 0.00176. The van der Waals surface area contributed by atoms with Crippen LogP contribution in [0.15, 0.2) is 52.3 Å². The molecule has 1 aliphatic heterocycles. The molecule has 0 amide bonds. The number of fused-ring (bicyclic) bond motifs is 1. The number of anilines is 1. The zero-order valence-corrected chi connectivity index (χ0v) is 16.9. The first kappa shape index (κ1) is 19.4. The van der Waals surface area contributed by atoms with Crippen LogP contribution in [0.4, 0.5) is 10.1 Å². The molecule has 150 valence electrons. The van der Waals surface area contributed by atoms with Gasteiger partial charge < -0.3 is 0 Å². The molecule has 1 heterocycles. The van der Waals surface area contributed by atoms with E-state index in [0.29, 0.717) is 24.1 Å². The highest BCUT2D eigenvalue weighted by molar-refractivity contribution is 7.93. The summed E-state index contributed by atoms with van der Waals surface area (Å²) in [6, 6.07) is 9.00. The van der Waals surface area contributed by atoms with E-state index < -0.39 is 25.9 Å². The largest absolute Gasteiger partial charge is 0.264 e. The molecule has 1 N–H and O–H groups in total. The van der Waals surface area contributed by atoms with Gasteiger partial charge in [-0.1, -0.05) is 0 Å². The van der Waals surface area contributed by atoms with E-state index in [9.17, 15) is 21.2 Å². The van der Waals surface area contributed by atoms with Crippen LogP contribution in [-0.2, 0) is 26.5 Å². The van der Waals surface area contributed by atoms with Gasteiger partial charge in [0.1, 0.15) is 5.82 Å². The number of hydrogen-bond donors (Lipinski definition) is 1. The van der Waals surface area contributed by atoms with Crippen LogP contribution in [-0.4, -0.2) is 28.9 Å². The highest BCUT2D eigenvalue weighted by Gasteiger charge is 2.34. The number of hydrogen-bond acceptors (Lipinski definition) is 4. The molecule has 0 aromatic heterocycles. The molecule has 6 nitrogen and oxygen atoms in total. The van der Waals surface area contributed by atoms with Gasteiger partial charge in [0.05, 0.1) is 15.5 Å². The van der Waals surface area contributed by atoms with E-state index in [2.05, 4.69) is 4.72 Å². The van der Waals surface area contributed by atoms with Crippen molar-refractivity contribution in [3.05, 3.63) is 53.8 Å². The molecule has 1 saturated carbocycles. The molecule has 4 rings (SSSR count). The lowest BCUT2D eigenvalue weighted by atomic mass is 9.99. The van der Waals surface area contributed by atoms with Crippen molar-refractivity contribution in [2.45, 2.75) is 54.5 Å². The molecule has 2 aromatic carbocycles. The standard InChI is InChI=1S/C19H21FN2O4S2/c1-13-2-3-14-12-15(20)4-11-19(14)22(13)28(25,26)18-9-7-17(8-10-18)27(23,24)21-16-5-6-16/h4,7-13,16,21H,2-3,5-6H2,1H3/t13-/m1/s1. The monoisotopic (exact) mass is 424 g/mol. The average Bonchev–Trinajstić information content (AvgIpc) is 3.45. The Bertz CT molecular complexity index is 1110. The second-order valence-electron chi connectivity index (χ2n) is 7.33. The summed E-state index contributed by atoms with van der Waals surface area (Å²) in [5.41, 5.74) is 1.11. The molecule has 0 radical (unpaired) electrons. The fraction of sp³-hybridized carbons (Fsp3) is 0.368. The molecule has 2 aromatic rings. The predicted molar refractivity (Wildman–Crippen MR) is 104 cm³/mol. The number of aryl methyl sites for hydroxylation is 1. The van der Waals surface area contributed by atoms with Gasteiger partial charge in [0.2, 0.25) is 10.0 Å². The van der Waals surface area contributed by atoms with Crippen LogP contribution >= 0.6 is 0 Å². The maximum absolute atomic E-state index is 13.6. The molecular formula is C19H21FN2O4S2. The summed E-state index contributed by atoms with van der Waals surface area (Å²) in [5.74, 6) is -0.400. The fourth-order valence-corrected chi connectivity index (χ4v) is 6.48. The van der Waals surface area contributed by atoms with Crippen molar-refractivity contribution < 1.29 is 21.2 Å². The van der Waals surface area contributed by atoms with Gasteiger partial charge in [0.25, 0.3) is 10.0 Å². The molecule has 28 heavy (non-hydrogen) atoms. The van der Waals surface area contributed by atoms with Crippen LogP contribution in [0, 0.1) is 5.82 Å². The first-order valence-electron chi connectivity index (χ1n) is 9.14. The Kier molecular flexibility index (Phi) is 4.71. The number of nitrogens with zero attached hydrogens (tertiary/aromatic N) is 1. The molecule has 2 aliphatic rings. The lowest BCUT2D eigenvalue weighted by Crippen LogP contribution is -2.42. The van der Waals surface area contributed by atoms with Gasteiger partial charge in [-0.05, 0) is 80.6 Å². The topological polar surface area (TPSA) is 83.6 Å². The smallest absolute Gasteiger partial charge is 0.263 e. The van der Waals surface area contributed by atoms with Crippen molar-refractivity contribution in [3.8, 4) is 0 Å². The summed E-state index contributed by atoms with van der Waals surface area (Å²) in [6.45, 7) is 1.81. The average molecular weight is 425 g/mol. The minimum Gasteiger partial charge on any atom is -0.263 e. The fourth-order valence-electron chi connectivity index (χ4n) is 3.45. The van der Waals surface area contributed by atoms with Crippen molar-refractivity contribution in [2.24, 2.45) is 0 Å². The lowest BCUT2D eigenvalue weighted by Gasteiger charge is -2.36. The second-order valence-corrected chi connectivity index (χ2v) is 10.9. The maximum atomic E-state index is 13.6. The molecule has 1 fully saturated rings. The van der Waals surface area contributed by atoms with E-state index in [1.54, 1.807) is 0 Å². The Balaban J connectivity index is 1.69. The number of nitrogens with one attached hydrogen (secondary N) is 1. The van der Waals surface area contributed by atoms with Gasteiger partial charge in [-0.2, -0.15) is 0 Å². The van der Waals surface area contributed by atoms with Gasteiger partial charge in [-0.3, -0.25) is 4.31 Å². The molecule has 0 spiro atoms. The Morgan fingerprint density at radius 3 is 2.25 bits per heavy atom. The highest BCUT2D eigenvalue weighted by Crippen LogP contribution is 2.36. The summed E-state index contributed by atoms with van der Waals surface area (Å²) in [6.07, 6.45) is 2.81. The number of benzene rings is 2. The normalized spacial score (nSPS) is 20.1. The summed E-state index contributed by atoms with van der Waals surface area (Å²) in [7, 11) is -7.56. The summed E-state index contributed by atoms with van der Waals surface area (Å²) in [5, 5.41) is 0. The highest BCUT2D eigenvalue weighted by atomic mass is 32.2. The molecule has 0 unspecified atom stereocenters. The zero-order chi connectivity index (χ0) is 20.1. The Labute approximate surface area is 164 Å².